The lowest BCUT2D eigenvalue weighted by molar-refractivity contribution is -0.137. The van der Waals surface area contributed by atoms with Gasteiger partial charge in [0.25, 0.3) is 15.6 Å². The van der Waals surface area contributed by atoms with Crippen molar-refractivity contribution < 1.29 is 21.6 Å². The lowest BCUT2D eigenvalue weighted by Gasteiger charge is -2.43. The minimum atomic E-state index is -4.68. The normalized spacial score (nSPS) is 19.9. The van der Waals surface area contributed by atoms with Crippen LogP contribution in [0.3, 0.4) is 0 Å². The molecule has 2 atom stereocenters. The number of hydrogen-bond acceptors (Lipinski definition) is 4. The molecule has 5 rings (SSSR count). The second kappa shape index (κ2) is 9.98. The summed E-state index contributed by atoms with van der Waals surface area (Å²) < 4.78 is 68.6. The number of aromatic nitrogens is 1. The standard InChI is InChI=1S/C27H28F3N3O3S/c28-27(29,30)22-9-4-10-23(15-22)37(35,36)31-24-11-12-25-21-14-20(17-33(25)26(24)34)16-32(18-21)13-5-8-19-6-2-1-3-7-19/h1-4,6-7,9-12,15,20-21,31H,5,8,13-14,16-18H2/t20-,21+/m0/s1. The van der Waals surface area contributed by atoms with Gasteiger partial charge in [-0.25, -0.2) is 8.42 Å². The number of fused-ring (bicyclic) bond motifs is 4. The maximum atomic E-state index is 13.2. The Morgan fingerprint density at radius 1 is 0.946 bits per heavy atom. The lowest BCUT2D eigenvalue weighted by Crippen LogP contribution is -2.47. The van der Waals surface area contributed by atoms with Crippen LogP contribution in [-0.2, 0) is 29.2 Å². The van der Waals surface area contributed by atoms with Gasteiger partial charge in [0.15, 0.2) is 0 Å². The quantitative estimate of drug-likeness (QED) is 0.479. The van der Waals surface area contributed by atoms with Crippen molar-refractivity contribution in [3.8, 4) is 0 Å². The van der Waals surface area contributed by atoms with Crippen LogP contribution in [0.15, 0.2) is 76.4 Å². The summed E-state index contributed by atoms with van der Waals surface area (Å²) in [5.41, 5.74) is 0.479. The largest absolute Gasteiger partial charge is 0.416 e. The van der Waals surface area contributed by atoms with Gasteiger partial charge in [-0.1, -0.05) is 36.4 Å². The molecule has 1 fully saturated rings. The van der Waals surface area contributed by atoms with Crippen LogP contribution >= 0.6 is 0 Å². The van der Waals surface area contributed by atoms with Crippen molar-refractivity contribution in [2.75, 3.05) is 24.4 Å². The second-order valence-electron chi connectivity index (χ2n) is 9.87. The molecule has 1 saturated heterocycles. The molecule has 0 spiro atoms. The summed E-state index contributed by atoms with van der Waals surface area (Å²) in [5.74, 6) is 0.446. The van der Waals surface area contributed by atoms with Crippen molar-refractivity contribution >= 4 is 15.7 Å². The molecule has 1 N–H and O–H groups in total. The number of hydrogen-bond donors (Lipinski definition) is 1. The van der Waals surface area contributed by atoms with E-state index >= 15 is 0 Å². The van der Waals surface area contributed by atoms with Crippen LogP contribution in [0.4, 0.5) is 18.9 Å². The zero-order chi connectivity index (χ0) is 26.2. The molecule has 0 saturated carbocycles. The SMILES string of the molecule is O=c1c(NS(=O)(=O)c2cccc(C(F)(F)F)c2)ccc2n1C[C@H]1C[C@@H]2CN(CCCc2ccccc2)C1. The molecule has 2 aromatic carbocycles. The van der Waals surface area contributed by atoms with E-state index in [2.05, 4.69) is 21.8 Å². The predicted octanol–water partition coefficient (Wildman–Crippen LogP) is 4.72. The number of nitrogens with one attached hydrogen (secondary N) is 1. The minimum Gasteiger partial charge on any atom is -0.310 e. The van der Waals surface area contributed by atoms with E-state index in [1.807, 2.05) is 18.2 Å². The molecule has 2 aliphatic heterocycles. The van der Waals surface area contributed by atoms with E-state index in [0.29, 0.717) is 12.6 Å². The number of benzene rings is 2. The predicted molar refractivity (Wildman–Crippen MR) is 135 cm³/mol. The Morgan fingerprint density at radius 2 is 1.73 bits per heavy atom. The first-order valence-corrected chi connectivity index (χ1v) is 13.8. The van der Waals surface area contributed by atoms with Crippen molar-refractivity contribution in [3.63, 3.8) is 0 Å². The van der Waals surface area contributed by atoms with E-state index in [0.717, 1.165) is 62.8 Å². The minimum absolute atomic E-state index is 0.166. The highest BCUT2D eigenvalue weighted by Gasteiger charge is 2.35. The number of alkyl halides is 3. The van der Waals surface area contributed by atoms with Gasteiger partial charge >= 0.3 is 6.18 Å². The highest BCUT2D eigenvalue weighted by molar-refractivity contribution is 7.92. The van der Waals surface area contributed by atoms with Crippen molar-refractivity contribution in [2.24, 2.45) is 5.92 Å². The molecule has 1 aromatic heterocycles. The Morgan fingerprint density at radius 3 is 2.49 bits per heavy atom. The molecule has 0 amide bonds. The summed E-state index contributed by atoms with van der Waals surface area (Å²) in [6.45, 7) is 3.16. The maximum Gasteiger partial charge on any atom is 0.416 e. The number of aryl methyl sites for hydroxylation is 1. The number of nitrogens with zero attached hydrogens (tertiary/aromatic N) is 2. The first kappa shape index (κ1) is 25.5. The molecule has 2 bridgehead atoms. The van der Waals surface area contributed by atoms with E-state index in [4.69, 9.17) is 0 Å². The topological polar surface area (TPSA) is 71.4 Å². The summed E-state index contributed by atoms with van der Waals surface area (Å²) in [6.07, 6.45) is -1.64. The third-order valence-corrected chi connectivity index (χ3v) is 8.54. The third kappa shape index (κ3) is 5.60. The van der Waals surface area contributed by atoms with Crippen molar-refractivity contribution in [1.29, 1.82) is 0 Å². The average Bonchev–Trinajstić information content (AvgIpc) is 2.86. The molecule has 3 aromatic rings. The van der Waals surface area contributed by atoms with Gasteiger partial charge in [-0.2, -0.15) is 13.2 Å². The van der Waals surface area contributed by atoms with Crippen LogP contribution in [0.25, 0.3) is 0 Å². The number of pyridine rings is 1. The molecule has 3 heterocycles. The zero-order valence-corrected chi connectivity index (χ0v) is 20.9. The van der Waals surface area contributed by atoms with E-state index in [-0.39, 0.29) is 17.5 Å². The summed E-state index contributed by atoms with van der Waals surface area (Å²) in [5, 5.41) is 0. The van der Waals surface area contributed by atoms with E-state index < -0.39 is 32.2 Å². The van der Waals surface area contributed by atoms with Crippen LogP contribution in [0, 0.1) is 5.92 Å². The molecule has 10 heteroatoms. The van der Waals surface area contributed by atoms with Crippen LogP contribution < -0.4 is 10.3 Å². The molecular weight excluding hydrogens is 503 g/mol. The van der Waals surface area contributed by atoms with Crippen LogP contribution in [-0.4, -0.2) is 37.5 Å². The van der Waals surface area contributed by atoms with Crippen LogP contribution in [0.1, 0.15) is 35.6 Å². The van der Waals surface area contributed by atoms with Gasteiger partial charge in [-0.05, 0) is 67.6 Å². The van der Waals surface area contributed by atoms with Crippen molar-refractivity contribution in [3.05, 3.63) is 93.9 Å². The highest BCUT2D eigenvalue weighted by atomic mass is 32.2. The molecule has 37 heavy (non-hydrogen) atoms. The third-order valence-electron chi connectivity index (χ3n) is 7.18. The highest BCUT2D eigenvalue weighted by Crippen LogP contribution is 2.36. The van der Waals surface area contributed by atoms with E-state index in [9.17, 15) is 26.4 Å². The Kier molecular flexibility index (Phi) is 6.89. The first-order chi connectivity index (χ1) is 17.6. The van der Waals surface area contributed by atoms with Crippen LogP contribution in [0.2, 0.25) is 0 Å². The van der Waals surface area contributed by atoms with E-state index in [1.54, 1.807) is 10.6 Å². The molecule has 0 unspecified atom stereocenters. The Balaban J connectivity index is 1.30. The summed E-state index contributed by atoms with van der Waals surface area (Å²) in [7, 11) is -4.38. The number of likely N-dealkylation sites (tertiary alicyclic amines) is 1. The Bertz CT molecular complexity index is 1440. The summed E-state index contributed by atoms with van der Waals surface area (Å²) in [6, 6.07) is 17.0. The van der Waals surface area contributed by atoms with Gasteiger partial charge in [-0.3, -0.25) is 9.52 Å². The number of piperidine rings is 1. The monoisotopic (exact) mass is 531 g/mol. The average molecular weight is 532 g/mol. The van der Waals surface area contributed by atoms with Gasteiger partial charge < -0.3 is 9.47 Å². The maximum absolute atomic E-state index is 13.2. The van der Waals surface area contributed by atoms with E-state index in [1.165, 1.54) is 11.6 Å². The Hall–Kier alpha value is -3.11. The molecule has 2 aliphatic rings. The van der Waals surface area contributed by atoms with Gasteiger partial charge in [0.05, 0.1) is 10.5 Å². The fourth-order valence-electron chi connectivity index (χ4n) is 5.50. The van der Waals surface area contributed by atoms with Crippen molar-refractivity contribution in [2.45, 2.75) is 42.8 Å². The van der Waals surface area contributed by atoms with Crippen LogP contribution in [0.5, 0.6) is 0 Å². The number of sulfonamides is 1. The van der Waals surface area contributed by atoms with Gasteiger partial charge in [0.2, 0.25) is 0 Å². The molecular formula is C27H28F3N3O3S. The summed E-state index contributed by atoms with van der Waals surface area (Å²) >= 11 is 0. The van der Waals surface area contributed by atoms with Gasteiger partial charge in [-0.15, -0.1) is 0 Å². The number of halogens is 3. The summed E-state index contributed by atoms with van der Waals surface area (Å²) in [4.78, 5) is 15.1. The lowest BCUT2D eigenvalue weighted by atomic mass is 9.83. The fourth-order valence-corrected chi connectivity index (χ4v) is 6.60. The Labute approximate surface area is 213 Å². The van der Waals surface area contributed by atoms with Gasteiger partial charge in [0, 0.05) is 31.2 Å². The second-order valence-corrected chi connectivity index (χ2v) is 11.5. The fraction of sp³-hybridized carbons (Fsp3) is 0.370. The number of anilines is 1. The smallest absolute Gasteiger partial charge is 0.310 e. The molecule has 196 valence electrons. The number of rotatable bonds is 7. The first-order valence-electron chi connectivity index (χ1n) is 12.3. The molecule has 0 radical (unpaired) electrons. The molecule has 0 aliphatic carbocycles. The molecule has 6 nitrogen and oxygen atoms in total. The van der Waals surface area contributed by atoms with Crippen molar-refractivity contribution in [1.82, 2.24) is 9.47 Å². The zero-order valence-electron chi connectivity index (χ0n) is 20.1. The van der Waals surface area contributed by atoms with Gasteiger partial charge in [0.1, 0.15) is 5.69 Å².